The van der Waals surface area contributed by atoms with Gasteiger partial charge in [0.25, 0.3) is 5.69 Å². The number of hydrogen-bond acceptors (Lipinski definition) is 5. The molecule has 0 bridgehead atoms. The molecule has 1 aromatic rings. The summed E-state index contributed by atoms with van der Waals surface area (Å²) >= 11 is 0. The molecule has 1 aliphatic rings. The van der Waals surface area contributed by atoms with Crippen molar-refractivity contribution in [2.24, 2.45) is 10.9 Å². The van der Waals surface area contributed by atoms with E-state index in [0.717, 1.165) is 38.3 Å². The molecular weight excluding hydrogens is 473 g/mol. The number of hydrogen-bond donors (Lipinski definition) is 2. The van der Waals surface area contributed by atoms with Gasteiger partial charge < -0.3 is 15.4 Å². The van der Waals surface area contributed by atoms with Crippen molar-refractivity contribution in [2.45, 2.75) is 33.4 Å². The molecule has 0 amide bonds. The van der Waals surface area contributed by atoms with Crippen molar-refractivity contribution in [1.29, 1.82) is 0 Å². The van der Waals surface area contributed by atoms with Gasteiger partial charge >= 0.3 is 0 Å². The summed E-state index contributed by atoms with van der Waals surface area (Å²) in [6.45, 7) is 12.0. The summed E-state index contributed by atoms with van der Waals surface area (Å²) < 4.78 is 5.86. The Morgan fingerprint density at radius 3 is 2.89 bits per heavy atom. The number of nitrogens with one attached hydrogen (secondary N) is 2. The molecule has 0 radical (unpaired) electrons. The third-order valence-electron chi connectivity index (χ3n) is 4.23. The number of non-ortho nitro benzene ring substituents is 1. The van der Waals surface area contributed by atoms with E-state index in [-0.39, 0.29) is 40.7 Å². The average molecular weight is 505 g/mol. The van der Waals surface area contributed by atoms with E-state index >= 15 is 0 Å². The van der Waals surface area contributed by atoms with Crippen LogP contribution in [-0.2, 0) is 11.3 Å². The van der Waals surface area contributed by atoms with E-state index in [1.54, 1.807) is 12.1 Å². The molecule has 0 aromatic heterocycles. The fourth-order valence-corrected chi connectivity index (χ4v) is 3.08. The molecule has 1 fully saturated rings. The smallest absolute Gasteiger partial charge is 0.269 e. The molecule has 0 aliphatic carbocycles. The molecule has 1 aliphatic heterocycles. The van der Waals surface area contributed by atoms with Gasteiger partial charge in [0.15, 0.2) is 5.96 Å². The maximum atomic E-state index is 10.9. The Morgan fingerprint density at radius 2 is 2.21 bits per heavy atom. The minimum atomic E-state index is -0.389. The second-order valence-corrected chi connectivity index (χ2v) is 7.15. The van der Waals surface area contributed by atoms with E-state index in [0.29, 0.717) is 25.0 Å². The van der Waals surface area contributed by atoms with Gasteiger partial charge in [0, 0.05) is 44.9 Å². The van der Waals surface area contributed by atoms with E-state index in [1.165, 1.54) is 6.07 Å². The molecule has 9 heteroatoms. The van der Waals surface area contributed by atoms with Crippen LogP contribution in [-0.4, -0.2) is 61.2 Å². The van der Waals surface area contributed by atoms with E-state index in [9.17, 15) is 10.1 Å². The highest BCUT2D eigenvalue weighted by Crippen LogP contribution is 2.13. The van der Waals surface area contributed by atoms with Gasteiger partial charge in [-0.25, -0.2) is 4.99 Å². The summed E-state index contributed by atoms with van der Waals surface area (Å²) in [5.74, 6) is 1.33. The number of rotatable bonds is 8. The van der Waals surface area contributed by atoms with Crippen molar-refractivity contribution in [1.82, 2.24) is 15.5 Å². The van der Waals surface area contributed by atoms with Crippen LogP contribution in [0.15, 0.2) is 29.3 Å². The van der Waals surface area contributed by atoms with Crippen molar-refractivity contribution in [3.8, 4) is 0 Å². The maximum absolute atomic E-state index is 10.9. The highest BCUT2D eigenvalue weighted by atomic mass is 127. The Morgan fingerprint density at radius 1 is 1.43 bits per heavy atom. The monoisotopic (exact) mass is 505 g/mol. The van der Waals surface area contributed by atoms with Crippen LogP contribution in [0.2, 0.25) is 0 Å². The van der Waals surface area contributed by atoms with Gasteiger partial charge in [-0.1, -0.05) is 26.0 Å². The van der Waals surface area contributed by atoms with Crippen molar-refractivity contribution < 1.29 is 9.66 Å². The zero-order valence-electron chi connectivity index (χ0n) is 16.9. The Labute approximate surface area is 184 Å². The first kappa shape index (κ1) is 24.6. The third-order valence-corrected chi connectivity index (χ3v) is 4.23. The van der Waals surface area contributed by atoms with Crippen LogP contribution in [0.3, 0.4) is 0 Å². The number of nitro groups is 1. The number of ether oxygens (including phenoxy) is 1. The Kier molecular flexibility index (Phi) is 11.3. The average Bonchev–Trinajstić information content (AvgIpc) is 2.64. The largest absolute Gasteiger partial charge is 0.374 e. The number of halogens is 1. The van der Waals surface area contributed by atoms with Gasteiger partial charge in [0.05, 0.1) is 24.2 Å². The van der Waals surface area contributed by atoms with Gasteiger partial charge in [-0.2, -0.15) is 0 Å². The summed E-state index contributed by atoms with van der Waals surface area (Å²) in [5.41, 5.74) is 0.889. The van der Waals surface area contributed by atoms with Crippen LogP contribution in [0, 0.1) is 16.0 Å². The van der Waals surface area contributed by atoms with Crippen LogP contribution >= 0.6 is 24.0 Å². The Hall–Kier alpha value is -1.46. The summed E-state index contributed by atoms with van der Waals surface area (Å²) in [5, 5.41) is 17.4. The van der Waals surface area contributed by atoms with Crippen molar-refractivity contribution in [3.05, 3.63) is 39.9 Å². The maximum Gasteiger partial charge on any atom is 0.269 e. The number of nitro benzene ring substituents is 1. The lowest BCUT2D eigenvalue weighted by atomic mass is 10.2. The lowest BCUT2D eigenvalue weighted by Crippen LogP contribution is -2.50. The SMILES string of the molecule is CCNC(=NCc1cccc([N+](=O)[O-])c1)NCC1CN(CC(C)C)CCO1.I. The molecular formula is C19H32IN5O3. The second-order valence-electron chi connectivity index (χ2n) is 7.15. The molecule has 1 unspecified atom stereocenters. The van der Waals surface area contributed by atoms with Gasteiger partial charge in [0.2, 0.25) is 0 Å². The topological polar surface area (TPSA) is 92.0 Å². The molecule has 2 rings (SSSR count). The minimum absolute atomic E-state index is 0. The molecule has 8 nitrogen and oxygen atoms in total. The molecule has 2 N–H and O–H groups in total. The van der Waals surface area contributed by atoms with Gasteiger partial charge in [-0.3, -0.25) is 15.0 Å². The molecule has 1 saturated heterocycles. The number of benzene rings is 1. The van der Waals surface area contributed by atoms with Crippen LogP contribution < -0.4 is 10.6 Å². The van der Waals surface area contributed by atoms with Gasteiger partial charge in [-0.05, 0) is 18.4 Å². The van der Waals surface area contributed by atoms with Crippen molar-refractivity contribution in [2.75, 3.05) is 39.3 Å². The molecule has 1 heterocycles. The number of morpholine rings is 1. The number of guanidine groups is 1. The highest BCUT2D eigenvalue weighted by molar-refractivity contribution is 14.0. The molecule has 0 saturated carbocycles. The first-order chi connectivity index (χ1) is 13.0. The summed E-state index contributed by atoms with van der Waals surface area (Å²) in [6, 6.07) is 6.57. The molecule has 0 spiro atoms. The first-order valence-corrected chi connectivity index (χ1v) is 9.57. The minimum Gasteiger partial charge on any atom is -0.374 e. The standard InChI is InChI=1S/C19H31N5O3.HI/c1-4-20-19(21-11-16-6-5-7-17(10-16)24(25)26)22-12-18-14-23(8-9-27-18)13-15(2)3;/h5-7,10,15,18H,4,8-9,11-14H2,1-3H3,(H2,20,21,22);1H. The first-order valence-electron chi connectivity index (χ1n) is 9.57. The normalized spacial score (nSPS) is 17.9. The van der Waals surface area contributed by atoms with Crippen molar-refractivity contribution in [3.63, 3.8) is 0 Å². The van der Waals surface area contributed by atoms with E-state index < -0.39 is 0 Å². The molecule has 28 heavy (non-hydrogen) atoms. The molecule has 1 atom stereocenters. The van der Waals surface area contributed by atoms with Crippen LogP contribution in [0.1, 0.15) is 26.3 Å². The van der Waals surface area contributed by atoms with Crippen LogP contribution in [0.25, 0.3) is 0 Å². The van der Waals surface area contributed by atoms with Crippen LogP contribution in [0.5, 0.6) is 0 Å². The predicted molar refractivity (Wildman–Crippen MR) is 122 cm³/mol. The molecule has 1 aromatic carbocycles. The fourth-order valence-electron chi connectivity index (χ4n) is 3.08. The van der Waals surface area contributed by atoms with Crippen molar-refractivity contribution >= 4 is 35.6 Å². The molecule has 158 valence electrons. The fraction of sp³-hybridized carbons (Fsp3) is 0.632. The predicted octanol–water partition coefficient (Wildman–Crippen LogP) is 2.62. The quantitative estimate of drug-likeness (QED) is 0.186. The van der Waals surface area contributed by atoms with Gasteiger partial charge in [0.1, 0.15) is 0 Å². The van der Waals surface area contributed by atoms with Crippen LogP contribution in [0.4, 0.5) is 5.69 Å². The van der Waals surface area contributed by atoms with E-state index in [4.69, 9.17) is 4.74 Å². The number of nitrogens with zero attached hydrogens (tertiary/aromatic N) is 3. The van der Waals surface area contributed by atoms with Gasteiger partial charge in [-0.15, -0.1) is 24.0 Å². The highest BCUT2D eigenvalue weighted by Gasteiger charge is 2.21. The third kappa shape index (κ3) is 8.70. The van der Waals surface area contributed by atoms with E-state index in [2.05, 4.69) is 34.4 Å². The summed E-state index contributed by atoms with van der Waals surface area (Å²) in [7, 11) is 0. The zero-order valence-corrected chi connectivity index (χ0v) is 19.2. The summed E-state index contributed by atoms with van der Waals surface area (Å²) in [6.07, 6.45) is 0.124. The lowest BCUT2D eigenvalue weighted by Gasteiger charge is -2.34. The number of aliphatic imine (C=N–C) groups is 1. The Bertz CT molecular complexity index is 642. The summed E-state index contributed by atoms with van der Waals surface area (Å²) in [4.78, 5) is 17.5. The lowest BCUT2D eigenvalue weighted by molar-refractivity contribution is -0.384. The van der Waals surface area contributed by atoms with E-state index in [1.807, 2.05) is 13.0 Å². The Balaban J connectivity index is 0.00000392. The second kappa shape index (κ2) is 12.9. The zero-order chi connectivity index (χ0) is 19.6.